The molecule has 0 spiro atoms. The number of hydrogen-bond donors (Lipinski definition) is 0. The molecule has 0 bridgehead atoms. The molecule has 0 N–H and O–H groups in total. The van der Waals surface area contributed by atoms with E-state index in [-0.39, 0.29) is 36.0 Å². The second-order valence-corrected chi connectivity index (χ2v) is 10.6. The Kier molecular flexibility index (Phi) is 6.62. The van der Waals surface area contributed by atoms with Crippen LogP contribution in [0.25, 0.3) is 0 Å². The molecule has 7 nitrogen and oxygen atoms in total. The zero-order valence-corrected chi connectivity index (χ0v) is 18.2. The van der Waals surface area contributed by atoms with E-state index in [0.717, 1.165) is 12.0 Å². The van der Waals surface area contributed by atoms with Gasteiger partial charge in [0.05, 0.1) is 16.4 Å². The highest BCUT2D eigenvalue weighted by molar-refractivity contribution is 7.89. The fourth-order valence-electron chi connectivity index (χ4n) is 3.22. The molecule has 1 heterocycles. The predicted octanol–water partition coefficient (Wildman–Crippen LogP) is 2.34. The monoisotopic (exact) mass is 438 g/mol. The lowest BCUT2D eigenvalue weighted by atomic mass is 10.2. The minimum Gasteiger partial charge on any atom is -0.494 e. The number of sulfonamides is 2. The summed E-state index contributed by atoms with van der Waals surface area (Å²) in [6.07, 6.45) is 0.836. The van der Waals surface area contributed by atoms with Crippen LogP contribution >= 0.6 is 0 Å². The predicted molar refractivity (Wildman–Crippen MR) is 111 cm³/mol. The van der Waals surface area contributed by atoms with Gasteiger partial charge in [-0.05, 0) is 55.3 Å². The van der Waals surface area contributed by atoms with Crippen LogP contribution in [-0.2, 0) is 26.5 Å². The minimum atomic E-state index is -3.68. The minimum absolute atomic E-state index is 0.113. The summed E-state index contributed by atoms with van der Waals surface area (Å²) in [6, 6.07) is 13.1. The maximum Gasteiger partial charge on any atom is 0.243 e. The molecule has 158 valence electrons. The van der Waals surface area contributed by atoms with Crippen molar-refractivity contribution in [1.82, 2.24) is 8.61 Å². The van der Waals surface area contributed by atoms with Crippen molar-refractivity contribution < 1.29 is 21.6 Å². The fourth-order valence-corrected chi connectivity index (χ4v) is 6.06. The largest absolute Gasteiger partial charge is 0.494 e. The molecule has 1 saturated heterocycles. The van der Waals surface area contributed by atoms with E-state index >= 15 is 0 Å². The summed E-state index contributed by atoms with van der Waals surface area (Å²) in [5.74, 6) is 0.608. The second-order valence-electron chi connectivity index (χ2n) is 6.71. The number of hydrogen-bond acceptors (Lipinski definition) is 5. The molecule has 2 aromatic carbocycles. The van der Waals surface area contributed by atoms with Crippen LogP contribution in [-0.4, -0.2) is 58.2 Å². The van der Waals surface area contributed by atoms with E-state index in [2.05, 4.69) is 0 Å². The van der Waals surface area contributed by atoms with E-state index in [0.29, 0.717) is 12.4 Å². The Morgan fingerprint density at radius 1 is 0.724 bits per heavy atom. The standard InChI is InChI=1S/C20H26N2O5S2/c1-3-17-5-9-19(10-6-17)28(23,24)21-13-15-22(16-14-21)29(25,26)20-11-7-18(8-12-20)27-4-2/h5-12H,3-4,13-16H2,1-2H3. The SMILES string of the molecule is CCOc1ccc(S(=O)(=O)N2CCN(S(=O)(=O)c3ccc(CC)cc3)CC2)cc1. The van der Waals surface area contributed by atoms with Gasteiger partial charge in [0, 0.05) is 26.2 Å². The Balaban J connectivity index is 1.70. The average Bonchev–Trinajstić information content (AvgIpc) is 2.74. The van der Waals surface area contributed by atoms with Crippen LogP contribution in [0.3, 0.4) is 0 Å². The molecule has 29 heavy (non-hydrogen) atoms. The van der Waals surface area contributed by atoms with E-state index in [9.17, 15) is 16.8 Å². The van der Waals surface area contributed by atoms with E-state index in [1.54, 1.807) is 36.4 Å². The lowest BCUT2D eigenvalue weighted by Gasteiger charge is -2.33. The highest BCUT2D eigenvalue weighted by Crippen LogP contribution is 2.23. The molecule has 0 radical (unpaired) electrons. The van der Waals surface area contributed by atoms with Gasteiger partial charge in [-0.3, -0.25) is 0 Å². The molecule has 0 amide bonds. The van der Waals surface area contributed by atoms with Gasteiger partial charge in [0.15, 0.2) is 0 Å². The summed E-state index contributed by atoms with van der Waals surface area (Å²) in [5.41, 5.74) is 1.07. The smallest absolute Gasteiger partial charge is 0.243 e. The number of nitrogens with zero attached hydrogens (tertiary/aromatic N) is 2. The van der Waals surface area contributed by atoms with Gasteiger partial charge in [-0.1, -0.05) is 19.1 Å². The van der Waals surface area contributed by atoms with Crippen molar-refractivity contribution in [1.29, 1.82) is 0 Å². The van der Waals surface area contributed by atoms with Crippen LogP contribution in [0.4, 0.5) is 0 Å². The second kappa shape index (κ2) is 8.83. The lowest BCUT2D eigenvalue weighted by molar-refractivity contribution is 0.273. The molecule has 0 aromatic heterocycles. The normalized spacial score (nSPS) is 16.6. The van der Waals surface area contributed by atoms with Crippen molar-refractivity contribution in [2.24, 2.45) is 0 Å². The van der Waals surface area contributed by atoms with Crippen molar-refractivity contribution in [2.45, 2.75) is 30.1 Å². The van der Waals surface area contributed by atoms with Gasteiger partial charge in [0.1, 0.15) is 5.75 Å². The molecular weight excluding hydrogens is 412 g/mol. The van der Waals surface area contributed by atoms with Crippen molar-refractivity contribution in [2.75, 3.05) is 32.8 Å². The average molecular weight is 439 g/mol. The van der Waals surface area contributed by atoms with E-state index in [1.807, 2.05) is 13.8 Å². The molecule has 9 heteroatoms. The van der Waals surface area contributed by atoms with Crippen molar-refractivity contribution in [3.63, 3.8) is 0 Å². The Bertz CT molecular complexity index is 1030. The van der Waals surface area contributed by atoms with Crippen molar-refractivity contribution in [3.8, 4) is 5.75 Å². The molecule has 0 saturated carbocycles. The highest BCUT2D eigenvalue weighted by atomic mass is 32.2. The molecule has 3 rings (SSSR count). The van der Waals surface area contributed by atoms with Gasteiger partial charge >= 0.3 is 0 Å². The third-order valence-electron chi connectivity index (χ3n) is 4.94. The van der Waals surface area contributed by atoms with Crippen molar-refractivity contribution >= 4 is 20.0 Å². The maximum atomic E-state index is 12.9. The first-order valence-corrected chi connectivity index (χ1v) is 12.5. The lowest BCUT2D eigenvalue weighted by Crippen LogP contribution is -2.50. The number of benzene rings is 2. The number of aryl methyl sites for hydroxylation is 1. The summed E-state index contributed by atoms with van der Waals surface area (Å²) < 4.78 is 59.5. The summed E-state index contributed by atoms with van der Waals surface area (Å²) in [6.45, 7) is 4.83. The molecule has 0 atom stereocenters. The summed E-state index contributed by atoms with van der Waals surface area (Å²) in [5, 5.41) is 0. The molecule has 0 aliphatic carbocycles. The van der Waals surface area contributed by atoms with Gasteiger partial charge in [0.25, 0.3) is 0 Å². The molecular formula is C20H26N2O5S2. The topological polar surface area (TPSA) is 84.0 Å². The van der Waals surface area contributed by atoms with Crippen LogP contribution in [0, 0.1) is 0 Å². The Labute approximate surface area is 173 Å². The Hall–Kier alpha value is -1.94. The third-order valence-corrected chi connectivity index (χ3v) is 8.77. The number of rotatable bonds is 7. The van der Waals surface area contributed by atoms with E-state index in [1.165, 1.54) is 20.7 Å². The Morgan fingerprint density at radius 2 is 1.14 bits per heavy atom. The first-order valence-electron chi connectivity index (χ1n) is 9.61. The van der Waals surface area contributed by atoms with Crippen LogP contribution < -0.4 is 4.74 Å². The maximum absolute atomic E-state index is 12.9. The van der Waals surface area contributed by atoms with Gasteiger partial charge in [-0.15, -0.1) is 0 Å². The molecule has 1 aliphatic rings. The first kappa shape index (κ1) is 21.8. The quantitative estimate of drug-likeness (QED) is 0.663. The summed E-state index contributed by atoms with van der Waals surface area (Å²) in [7, 11) is -7.32. The molecule has 2 aromatic rings. The first-order chi connectivity index (χ1) is 13.8. The summed E-state index contributed by atoms with van der Waals surface area (Å²) >= 11 is 0. The number of piperazine rings is 1. The third kappa shape index (κ3) is 4.63. The van der Waals surface area contributed by atoms with Crippen LogP contribution in [0.1, 0.15) is 19.4 Å². The summed E-state index contributed by atoms with van der Waals surface area (Å²) in [4.78, 5) is 0.407. The van der Waals surface area contributed by atoms with E-state index < -0.39 is 20.0 Å². The molecule has 1 fully saturated rings. The zero-order valence-electron chi connectivity index (χ0n) is 16.6. The van der Waals surface area contributed by atoms with Gasteiger partial charge in [-0.2, -0.15) is 8.61 Å². The van der Waals surface area contributed by atoms with Gasteiger partial charge in [0.2, 0.25) is 20.0 Å². The van der Waals surface area contributed by atoms with Crippen molar-refractivity contribution in [3.05, 3.63) is 54.1 Å². The van der Waals surface area contributed by atoms with Crippen LogP contribution in [0.5, 0.6) is 5.75 Å². The number of ether oxygens (including phenoxy) is 1. The highest BCUT2D eigenvalue weighted by Gasteiger charge is 2.33. The van der Waals surface area contributed by atoms with Gasteiger partial charge in [-0.25, -0.2) is 16.8 Å². The fraction of sp³-hybridized carbons (Fsp3) is 0.400. The zero-order chi connectivity index (χ0) is 21.1. The van der Waals surface area contributed by atoms with Crippen LogP contribution in [0.2, 0.25) is 0 Å². The Morgan fingerprint density at radius 3 is 1.52 bits per heavy atom. The van der Waals surface area contributed by atoms with Crippen LogP contribution in [0.15, 0.2) is 58.3 Å². The van der Waals surface area contributed by atoms with Gasteiger partial charge < -0.3 is 4.74 Å². The molecule has 0 unspecified atom stereocenters. The molecule has 1 aliphatic heterocycles. The van der Waals surface area contributed by atoms with E-state index in [4.69, 9.17) is 4.74 Å².